The molecule has 2 rings (SSSR count). The standard InChI is InChI=1S/C13H8Cl3NO2/c14-8-4-6-9(7-5-8)19-13(18)17-12-10(15)2-1-3-11(12)16/h1-7H,(H,17,18). The summed E-state index contributed by atoms with van der Waals surface area (Å²) in [6.07, 6.45) is -0.683. The minimum atomic E-state index is -0.683. The van der Waals surface area contributed by atoms with Gasteiger partial charge in [0.25, 0.3) is 0 Å². The molecule has 0 saturated heterocycles. The van der Waals surface area contributed by atoms with E-state index in [2.05, 4.69) is 5.32 Å². The molecule has 6 heteroatoms. The van der Waals surface area contributed by atoms with Crippen molar-refractivity contribution in [3.63, 3.8) is 0 Å². The molecular formula is C13H8Cl3NO2. The number of para-hydroxylation sites is 1. The van der Waals surface area contributed by atoms with Gasteiger partial charge >= 0.3 is 6.09 Å². The topological polar surface area (TPSA) is 38.3 Å². The van der Waals surface area contributed by atoms with E-state index in [4.69, 9.17) is 39.5 Å². The molecule has 2 aromatic rings. The lowest BCUT2D eigenvalue weighted by atomic mass is 10.3. The summed E-state index contributed by atoms with van der Waals surface area (Å²) in [4.78, 5) is 11.7. The molecule has 0 aliphatic heterocycles. The van der Waals surface area contributed by atoms with Gasteiger partial charge in [0.15, 0.2) is 0 Å². The first kappa shape index (κ1) is 14.0. The van der Waals surface area contributed by atoms with Crippen LogP contribution in [0.1, 0.15) is 0 Å². The van der Waals surface area contributed by atoms with Crippen molar-refractivity contribution in [1.82, 2.24) is 0 Å². The third-order valence-corrected chi connectivity index (χ3v) is 3.10. The summed E-state index contributed by atoms with van der Waals surface area (Å²) in [6, 6.07) is 11.3. The van der Waals surface area contributed by atoms with Crippen LogP contribution in [-0.2, 0) is 0 Å². The molecule has 19 heavy (non-hydrogen) atoms. The molecule has 1 N–H and O–H groups in total. The summed E-state index contributed by atoms with van der Waals surface area (Å²) in [5.41, 5.74) is 0.310. The third kappa shape index (κ3) is 3.77. The lowest BCUT2D eigenvalue weighted by Gasteiger charge is -2.09. The first-order chi connectivity index (χ1) is 9.06. The second kappa shape index (κ2) is 6.15. The van der Waals surface area contributed by atoms with Crippen LogP contribution in [0.3, 0.4) is 0 Å². The first-order valence-corrected chi connectivity index (χ1v) is 6.38. The van der Waals surface area contributed by atoms with Gasteiger partial charge in [-0.05, 0) is 36.4 Å². The Balaban J connectivity index is 2.07. The van der Waals surface area contributed by atoms with Gasteiger partial charge in [-0.3, -0.25) is 5.32 Å². The quantitative estimate of drug-likeness (QED) is 0.821. The summed E-state index contributed by atoms with van der Waals surface area (Å²) in [7, 11) is 0. The van der Waals surface area contributed by atoms with E-state index in [-0.39, 0.29) is 0 Å². The number of benzene rings is 2. The van der Waals surface area contributed by atoms with Gasteiger partial charge in [-0.15, -0.1) is 0 Å². The zero-order valence-electron chi connectivity index (χ0n) is 9.49. The predicted octanol–water partition coefficient (Wildman–Crippen LogP) is 5.26. The Kier molecular flexibility index (Phi) is 4.53. The monoisotopic (exact) mass is 315 g/mol. The first-order valence-electron chi connectivity index (χ1n) is 5.24. The van der Waals surface area contributed by atoms with Crippen LogP contribution in [0.15, 0.2) is 42.5 Å². The highest BCUT2D eigenvalue weighted by Gasteiger charge is 2.11. The molecule has 0 atom stereocenters. The number of halogens is 3. The molecule has 0 saturated carbocycles. The Morgan fingerprint density at radius 3 is 2.11 bits per heavy atom. The predicted molar refractivity (Wildman–Crippen MR) is 77.6 cm³/mol. The average molecular weight is 317 g/mol. The highest BCUT2D eigenvalue weighted by Crippen LogP contribution is 2.30. The SMILES string of the molecule is O=C(Nc1c(Cl)cccc1Cl)Oc1ccc(Cl)cc1. The number of nitrogens with one attached hydrogen (secondary N) is 1. The van der Waals surface area contributed by atoms with E-state index < -0.39 is 6.09 Å². The van der Waals surface area contributed by atoms with Gasteiger partial charge in [-0.25, -0.2) is 4.79 Å². The Morgan fingerprint density at radius 1 is 0.947 bits per heavy atom. The largest absolute Gasteiger partial charge is 0.417 e. The lowest BCUT2D eigenvalue weighted by molar-refractivity contribution is 0.215. The maximum Gasteiger partial charge on any atom is 0.417 e. The van der Waals surface area contributed by atoms with Gasteiger partial charge in [0.2, 0.25) is 0 Å². The number of rotatable bonds is 2. The molecule has 0 radical (unpaired) electrons. The summed E-state index contributed by atoms with van der Waals surface area (Å²) >= 11 is 17.6. The fourth-order valence-electron chi connectivity index (χ4n) is 1.35. The number of hydrogen-bond donors (Lipinski definition) is 1. The zero-order valence-corrected chi connectivity index (χ0v) is 11.8. The highest BCUT2D eigenvalue weighted by atomic mass is 35.5. The van der Waals surface area contributed by atoms with E-state index >= 15 is 0 Å². The molecule has 0 aliphatic carbocycles. The van der Waals surface area contributed by atoms with Crippen LogP contribution < -0.4 is 10.1 Å². The van der Waals surface area contributed by atoms with Crippen molar-refractivity contribution in [3.05, 3.63) is 57.5 Å². The van der Waals surface area contributed by atoms with Crippen LogP contribution in [0.25, 0.3) is 0 Å². The van der Waals surface area contributed by atoms with Crippen molar-refractivity contribution in [1.29, 1.82) is 0 Å². The Labute approximate surface area is 125 Å². The molecule has 0 bridgehead atoms. The average Bonchev–Trinajstić information content (AvgIpc) is 2.37. The molecule has 0 aliphatic rings. The van der Waals surface area contributed by atoms with E-state index in [1.165, 1.54) is 0 Å². The van der Waals surface area contributed by atoms with Crippen LogP contribution in [0, 0.1) is 0 Å². The van der Waals surface area contributed by atoms with Crippen molar-refractivity contribution in [3.8, 4) is 5.75 Å². The third-order valence-electron chi connectivity index (χ3n) is 2.21. The van der Waals surface area contributed by atoms with Crippen LogP contribution in [0.2, 0.25) is 15.1 Å². The molecule has 0 spiro atoms. The fourth-order valence-corrected chi connectivity index (χ4v) is 1.97. The van der Waals surface area contributed by atoms with Gasteiger partial charge in [0.1, 0.15) is 5.75 Å². The van der Waals surface area contributed by atoms with Gasteiger partial charge < -0.3 is 4.74 Å². The summed E-state index contributed by atoms with van der Waals surface area (Å²) in [5.74, 6) is 0.366. The molecule has 98 valence electrons. The Bertz CT molecular complexity index is 579. The van der Waals surface area contributed by atoms with Crippen molar-refractivity contribution in [2.24, 2.45) is 0 Å². The van der Waals surface area contributed by atoms with Crippen LogP contribution in [0.4, 0.5) is 10.5 Å². The van der Waals surface area contributed by atoms with E-state index in [9.17, 15) is 4.79 Å². The summed E-state index contributed by atoms with van der Waals surface area (Å²) < 4.78 is 5.06. The molecule has 0 fully saturated rings. The number of amides is 1. The highest BCUT2D eigenvalue weighted by molar-refractivity contribution is 6.39. The lowest BCUT2D eigenvalue weighted by Crippen LogP contribution is -2.17. The van der Waals surface area contributed by atoms with Gasteiger partial charge in [-0.1, -0.05) is 40.9 Å². The van der Waals surface area contributed by atoms with Crippen molar-refractivity contribution in [2.75, 3.05) is 5.32 Å². The number of carbonyl (C=O) groups excluding carboxylic acids is 1. The second-order valence-corrected chi connectivity index (χ2v) is 4.82. The molecule has 0 heterocycles. The maximum absolute atomic E-state index is 11.7. The number of anilines is 1. The van der Waals surface area contributed by atoms with Gasteiger partial charge in [0.05, 0.1) is 15.7 Å². The number of carbonyl (C=O) groups is 1. The number of hydrogen-bond acceptors (Lipinski definition) is 2. The van der Waals surface area contributed by atoms with E-state index in [0.29, 0.717) is 26.5 Å². The Hall–Kier alpha value is -1.42. The van der Waals surface area contributed by atoms with Crippen molar-refractivity contribution < 1.29 is 9.53 Å². The maximum atomic E-state index is 11.7. The minimum Gasteiger partial charge on any atom is -0.410 e. The van der Waals surface area contributed by atoms with Gasteiger partial charge in [0, 0.05) is 5.02 Å². The smallest absolute Gasteiger partial charge is 0.410 e. The zero-order chi connectivity index (χ0) is 13.8. The molecule has 1 amide bonds. The normalized spacial score (nSPS) is 10.1. The molecule has 0 aromatic heterocycles. The molecule has 0 unspecified atom stereocenters. The summed E-state index contributed by atoms with van der Waals surface area (Å²) in [6.45, 7) is 0. The second-order valence-electron chi connectivity index (χ2n) is 3.57. The molecular weight excluding hydrogens is 309 g/mol. The fraction of sp³-hybridized carbons (Fsp3) is 0. The Morgan fingerprint density at radius 2 is 1.53 bits per heavy atom. The minimum absolute atomic E-state index is 0.310. The number of ether oxygens (including phenoxy) is 1. The van der Waals surface area contributed by atoms with E-state index in [1.54, 1.807) is 42.5 Å². The van der Waals surface area contributed by atoms with E-state index in [1.807, 2.05) is 0 Å². The van der Waals surface area contributed by atoms with E-state index in [0.717, 1.165) is 0 Å². The molecule has 2 aromatic carbocycles. The van der Waals surface area contributed by atoms with Crippen molar-refractivity contribution in [2.45, 2.75) is 0 Å². The van der Waals surface area contributed by atoms with Crippen LogP contribution in [0.5, 0.6) is 5.75 Å². The van der Waals surface area contributed by atoms with Crippen LogP contribution in [-0.4, -0.2) is 6.09 Å². The summed E-state index contributed by atoms with van der Waals surface area (Å²) in [5, 5.41) is 3.71. The van der Waals surface area contributed by atoms with Crippen LogP contribution >= 0.6 is 34.8 Å². The molecule has 3 nitrogen and oxygen atoms in total. The van der Waals surface area contributed by atoms with Crippen molar-refractivity contribution >= 4 is 46.6 Å². The van der Waals surface area contributed by atoms with Gasteiger partial charge in [-0.2, -0.15) is 0 Å².